The van der Waals surface area contributed by atoms with Gasteiger partial charge in [0.25, 0.3) is 0 Å². The van der Waals surface area contributed by atoms with Gasteiger partial charge in [-0.15, -0.1) is 0 Å². The zero-order valence-corrected chi connectivity index (χ0v) is 33.6. The van der Waals surface area contributed by atoms with E-state index in [-0.39, 0.29) is 0 Å². The van der Waals surface area contributed by atoms with Crippen LogP contribution < -0.4 is 5.32 Å². The van der Waals surface area contributed by atoms with Crippen LogP contribution in [0.1, 0.15) is 213 Å². The van der Waals surface area contributed by atoms with Crippen LogP contribution in [-0.2, 0) is 4.79 Å². The van der Waals surface area contributed by atoms with Crippen molar-refractivity contribution in [3.05, 3.63) is 36.5 Å². The molecule has 0 aliphatic heterocycles. The first-order valence-electron chi connectivity index (χ1n) is 21.9. The van der Waals surface area contributed by atoms with Gasteiger partial charge in [-0.05, 0) is 77.0 Å². The summed E-state index contributed by atoms with van der Waals surface area (Å²) in [5.41, 5.74) is 0. The molecule has 0 aromatic heterocycles. The van der Waals surface area contributed by atoms with Crippen molar-refractivity contribution in [1.29, 1.82) is 0 Å². The Bertz CT molecular complexity index is 812. The zero-order chi connectivity index (χ0) is 37.5. The molecule has 4 atom stereocenters. The van der Waals surface area contributed by atoms with Gasteiger partial charge < -0.3 is 25.7 Å². The highest BCUT2D eigenvalue weighted by atomic mass is 16.3. The molecule has 6 nitrogen and oxygen atoms in total. The van der Waals surface area contributed by atoms with E-state index in [1.165, 1.54) is 128 Å². The normalized spacial score (nSPS) is 14.5. The Hall–Kier alpha value is -1.47. The molecule has 0 saturated carbocycles. The maximum absolute atomic E-state index is 12.5. The molecular formula is C45H85NO5. The SMILES string of the molecule is CCCCCCCCC/C=C\CCCCCCC(O)C(=O)NC(CO)C(O)C(O)CCC/C=C/CC/C=C/CCCCCCCCCCCCC. The average Bonchev–Trinajstić information content (AvgIpc) is 3.13. The number of nitrogens with one attached hydrogen (secondary N) is 1. The predicted molar refractivity (Wildman–Crippen MR) is 219 cm³/mol. The number of allylic oxidation sites excluding steroid dienone is 6. The largest absolute Gasteiger partial charge is 0.394 e. The van der Waals surface area contributed by atoms with E-state index in [9.17, 15) is 25.2 Å². The van der Waals surface area contributed by atoms with Crippen LogP contribution in [0.5, 0.6) is 0 Å². The van der Waals surface area contributed by atoms with Gasteiger partial charge in [0.1, 0.15) is 12.2 Å². The van der Waals surface area contributed by atoms with E-state index in [4.69, 9.17) is 0 Å². The smallest absolute Gasteiger partial charge is 0.249 e. The summed E-state index contributed by atoms with van der Waals surface area (Å²) >= 11 is 0. The molecule has 4 unspecified atom stereocenters. The van der Waals surface area contributed by atoms with E-state index in [2.05, 4.69) is 55.6 Å². The third-order valence-corrected chi connectivity index (χ3v) is 10.1. The molecule has 0 heterocycles. The molecule has 0 aromatic carbocycles. The molecule has 1 amide bonds. The Morgan fingerprint density at radius 3 is 1.24 bits per heavy atom. The van der Waals surface area contributed by atoms with Crippen LogP contribution in [0.25, 0.3) is 0 Å². The Balaban J connectivity index is 3.83. The summed E-state index contributed by atoms with van der Waals surface area (Å²) in [6.07, 6.45) is 46.0. The zero-order valence-electron chi connectivity index (χ0n) is 33.6. The van der Waals surface area contributed by atoms with Gasteiger partial charge in [0.15, 0.2) is 0 Å². The first kappa shape index (κ1) is 49.5. The number of hydrogen-bond acceptors (Lipinski definition) is 5. The van der Waals surface area contributed by atoms with E-state index < -0.39 is 36.9 Å². The molecule has 0 radical (unpaired) electrons. The second-order valence-electron chi connectivity index (χ2n) is 15.0. The van der Waals surface area contributed by atoms with Gasteiger partial charge in [-0.3, -0.25) is 4.79 Å². The fraction of sp³-hybridized carbons (Fsp3) is 0.844. The van der Waals surface area contributed by atoms with Crippen molar-refractivity contribution in [3.63, 3.8) is 0 Å². The fourth-order valence-corrected chi connectivity index (χ4v) is 6.53. The van der Waals surface area contributed by atoms with E-state index >= 15 is 0 Å². The maximum atomic E-state index is 12.5. The van der Waals surface area contributed by atoms with Crippen LogP contribution in [0, 0.1) is 0 Å². The summed E-state index contributed by atoms with van der Waals surface area (Å²) in [5.74, 6) is -0.607. The molecule has 0 bridgehead atoms. The number of aliphatic hydroxyl groups is 4. The van der Waals surface area contributed by atoms with Crippen molar-refractivity contribution >= 4 is 5.91 Å². The Labute approximate surface area is 316 Å². The monoisotopic (exact) mass is 720 g/mol. The highest BCUT2D eigenvalue weighted by Crippen LogP contribution is 2.14. The summed E-state index contributed by atoms with van der Waals surface area (Å²) in [7, 11) is 0. The summed E-state index contributed by atoms with van der Waals surface area (Å²) in [5, 5.41) is 43.6. The number of aliphatic hydroxyl groups excluding tert-OH is 4. The number of rotatable bonds is 39. The minimum atomic E-state index is -1.29. The molecule has 0 fully saturated rings. The van der Waals surface area contributed by atoms with Gasteiger partial charge >= 0.3 is 0 Å². The van der Waals surface area contributed by atoms with Gasteiger partial charge in [0.05, 0.1) is 18.8 Å². The van der Waals surface area contributed by atoms with Crippen LogP contribution in [-0.4, -0.2) is 57.3 Å². The van der Waals surface area contributed by atoms with E-state index in [0.29, 0.717) is 19.3 Å². The topological polar surface area (TPSA) is 110 Å². The second kappa shape index (κ2) is 39.7. The second-order valence-corrected chi connectivity index (χ2v) is 15.0. The van der Waals surface area contributed by atoms with Crippen LogP contribution in [0.2, 0.25) is 0 Å². The molecule has 0 aliphatic carbocycles. The molecule has 51 heavy (non-hydrogen) atoms. The maximum Gasteiger partial charge on any atom is 0.249 e. The average molecular weight is 720 g/mol. The lowest BCUT2D eigenvalue weighted by molar-refractivity contribution is -0.132. The molecule has 6 heteroatoms. The van der Waals surface area contributed by atoms with E-state index in [1.54, 1.807) is 0 Å². The Morgan fingerprint density at radius 2 is 0.824 bits per heavy atom. The highest BCUT2D eigenvalue weighted by Gasteiger charge is 2.28. The molecule has 5 N–H and O–H groups in total. The van der Waals surface area contributed by atoms with Gasteiger partial charge in [0, 0.05) is 0 Å². The lowest BCUT2D eigenvalue weighted by Crippen LogP contribution is -2.53. The number of carbonyl (C=O) groups excluding carboxylic acids is 1. The summed E-state index contributed by atoms with van der Waals surface area (Å²) < 4.78 is 0. The Morgan fingerprint density at radius 1 is 0.471 bits per heavy atom. The Kier molecular flexibility index (Phi) is 38.6. The number of hydrogen-bond donors (Lipinski definition) is 5. The molecule has 0 spiro atoms. The van der Waals surface area contributed by atoms with Crippen molar-refractivity contribution in [2.24, 2.45) is 0 Å². The van der Waals surface area contributed by atoms with Gasteiger partial charge in [-0.1, -0.05) is 172 Å². The quantitative estimate of drug-likeness (QED) is 0.0321. The minimum Gasteiger partial charge on any atom is -0.394 e. The first-order valence-corrected chi connectivity index (χ1v) is 21.9. The fourth-order valence-electron chi connectivity index (χ4n) is 6.53. The molecule has 300 valence electrons. The van der Waals surface area contributed by atoms with Crippen molar-refractivity contribution in [1.82, 2.24) is 5.32 Å². The van der Waals surface area contributed by atoms with Gasteiger partial charge in [-0.2, -0.15) is 0 Å². The third kappa shape index (κ3) is 34.1. The number of amides is 1. The highest BCUT2D eigenvalue weighted by molar-refractivity contribution is 5.80. The number of unbranched alkanes of at least 4 members (excludes halogenated alkanes) is 24. The van der Waals surface area contributed by atoms with Crippen molar-refractivity contribution in [2.75, 3.05) is 6.61 Å². The molecular weight excluding hydrogens is 634 g/mol. The van der Waals surface area contributed by atoms with Crippen LogP contribution >= 0.6 is 0 Å². The summed E-state index contributed by atoms with van der Waals surface area (Å²) in [6.45, 7) is 4.02. The predicted octanol–water partition coefficient (Wildman–Crippen LogP) is 11.3. The van der Waals surface area contributed by atoms with E-state index in [1.807, 2.05) is 0 Å². The standard InChI is InChI=1S/C45H85NO5/c1-3-5-7-9-11-13-15-17-19-20-21-22-23-25-26-28-30-32-34-36-38-42(48)44(50)41(40-47)46-45(51)43(49)39-37-35-33-31-29-27-24-18-16-14-12-10-8-6-4-2/h23-25,27,30,32,41-44,47-50H,3-22,26,28-29,31,33-40H2,1-2H3,(H,46,51)/b25-23+,27-24-,32-30+. The first-order chi connectivity index (χ1) is 25.0. The minimum absolute atomic E-state index is 0.345. The third-order valence-electron chi connectivity index (χ3n) is 10.1. The van der Waals surface area contributed by atoms with Gasteiger partial charge in [-0.25, -0.2) is 0 Å². The summed E-state index contributed by atoms with van der Waals surface area (Å²) in [6, 6.07) is -1.01. The molecule has 0 aliphatic rings. The van der Waals surface area contributed by atoms with Gasteiger partial charge in [0.2, 0.25) is 5.91 Å². The molecule has 0 rings (SSSR count). The lowest BCUT2D eigenvalue weighted by atomic mass is 10.00. The molecule has 0 aromatic rings. The number of carbonyl (C=O) groups is 1. The van der Waals surface area contributed by atoms with Crippen LogP contribution in [0.3, 0.4) is 0 Å². The van der Waals surface area contributed by atoms with Crippen LogP contribution in [0.4, 0.5) is 0 Å². The molecule has 0 saturated heterocycles. The van der Waals surface area contributed by atoms with Crippen molar-refractivity contribution < 1.29 is 25.2 Å². The van der Waals surface area contributed by atoms with Crippen LogP contribution in [0.15, 0.2) is 36.5 Å². The van der Waals surface area contributed by atoms with Crippen molar-refractivity contribution in [2.45, 2.75) is 237 Å². The lowest BCUT2D eigenvalue weighted by Gasteiger charge is -2.27. The van der Waals surface area contributed by atoms with E-state index in [0.717, 1.165) is 51.4 Å². The van der Waals surface area contributed by atoms with Crippen molar-refractivity contribution in [3.8, 4) is 0 Å². The summed E-state index contributed by atoms with van der Waals surface area (Å²) in [4.78, 5) is 12.5.